The van der Waals surface area contributed by atoms with Gasteiger partial charge >= 0.3 is 6.04 Å². The number of nitrogens with one attached hydrogen (secondary N) is 1. The molecule has 1 heterocycles. The number of nitro groups is 1. The number of hydrogen-bond donors (Lipinski definition) is 2. The van der Waals surface area contributed by atoms with Gasteiger partial charge in [0.2, 0.25) is 5.96 Å². The number of benzene rings is 1. The van der Waals surface area contributed by atoms with Gasteiger partial charge in [0.05, 0.1) is 20.3 Å². The monoisotopic (exact) mass is 319 g/mol. The Labute approximate surface area is 132 Å². The fourth-order valence-corrected chi connectivity index (χ4v) is 2.00. The van der Waals surface area contributed by atoms with Gasteiger partial charge in [0.1, 0.15) is 11.5 Å². The van der Waals surface area contributed by atoms with Crippen LogP contribution in [-0.2, 0) is 0 Å². The van der Waals surface area contributed by atoms with Gasteiger partial charge < -0.3 is 15.2 Å². The van der Waals surface area contributed by atoms with Crippen LogP contribution < -0.4 is 10.1 Å². The summed E-state index contributed by atoms with van der Waals surface area (Å²) in [7, 11) is 1.56. The summed E-state index contributed by atoms with van der Waals surface area (Å²) >= 11 is 0. The number of anilines is 1. The molecule has 0 aromatic heterocycles. The first-order chi connectivity index (χ1) is 11.0. The van der Waals surface area contributed by atoms with Gasteiger partial charge in [-0.15, -0.1) is 0 Å². The van der Waals surface area contributed by atoms with Crippen molar-refractivity contribution in [2.75, 3.05) is 25.6 Å². The molecule has 0 fully saturated rings. The summed E-state index contributed by atoms with van der Waals surface area (Å²) in [6, 6.07) is 5.75. The highest BCUT2D eigenvalue weighted by atomic mass is 16.6. The molecule has 1 atom stereocenters. The van der Waals surface area contributed by atoms with E-state index in [1.54, 1.807) is 38.3 Å². The third-order valence-electron chi connectivity index (χ3n) is 3.08. The van der Waals surface area contributed by atoms with Crippen LogP contribution in [0.2, 0.25) is 0 Å². The third-order valence-corrected chi connectivity index (χ3v) is 3.08. The summed E-state index contributed by atoms with van der Waals surface area (Å²) < 4.78 is 5.07. The van der Waals surface area contributed by atoms with Gasteiger partial charge in [0.25, 0.3) is 0 Å². The van der Waals surface area contributed by atoms with E-state index in [9.17, 15) is 10.1 Å². The predicted molar refractivity (Wildman–Crippen MR) is 87.3 cm³/mol. The highest BCUT2D eigenvalue weighted by Crippen LogP contribution is 2.17. The number of methoxy groups -OCH3 is 1. The molecule has 23 heavy (non-hydrogen) atoms. The molecule has 0 amide bonds. The molecule has 0 spiro atoms. The SMILES string of the molecule is COc1ccc(NC2=NC(=NCCO)N=C(C)C2[N+](=O)[O-])cc1. The van der Waals surface area contributed by atoms with Gasteiger partial charge in [-0.05, 0) is 31.2 Å². The Morgan fingerprint density at radius 1 is 1.39 bits per heavy atom. The van der Waals surface area contributed by atoms with Crippen LogP contribution in [0.1, 0.15) is 6.92 Å². The zero-order valence-electron chi connectivity index (χ0n) is 12.8. The Hall–Kier alpha value is -2.81. The molecule has 1 aliphatic rings. The van der Waals surface area contributed by atoms with E-state index in [1.165, 1.54) is 0 Å². The summed E-state index contributed by atoms with van der Waals surface area (Å²) in [5, 5.41) is 23.0. The summed E-state index contributed by atoms with van der Waals surface area (Å²) in [4.78, 5) is 22.9. The average molecular weight is 319 g/mol. The molecule has 0 aliphatic carbocycles. The van der Waals surface area contributed by atoms with Gasteiger partial charge in [-0.1, -0.05) is 0 Å². The number of ether oxygens (including phenoxy) is 1. The molecular weight excluding hydrogens is 302 g/mol. The maximum Gasteiger partial charge on any atom is 0.307 e. The molecule has 1 unspecified atom stereocenters. The van der Waals surface area contributed by atoms with Crippen LogP contribution in [0.25, 0.3) is 0 Å². The summed E-state index contributed by atoms with van der Waals surface area (Å²) in [6.45, 7) is 1.54. The van der Waals surface area contributed by atoms with Crippen molar-refractivity contribution in [2.24, 2.45) is 15.0 Å². The zero-order chi connectivity index (χ0) is 16.8. The smallest absolute Gasteiger partial charge is 0.307 e. The Balaban J connectivity index is 2.29. The molecule has 0 saturated heterocycles. The van der Waals surface area contributed by atoms with Crippen LogP contribution in [0.4, 0.5) is 5.69 Å². The largest absolute Gasteiger partial charge is 0.497 e. The normalized spacial score (nSPS) is 19.1. The van der Waals surface area contributed by atoms with Gasteiger partial charge in [-0.25, -0.2) is 9.98 Å². The van der Waals surface area contributed by atoms with E-state index >= 15 is 0 Å². The zero-order valence-corrected chi connectivity index (χ0v) is 12.8. The second-order valence-electron chi connectivity index (χ2n) is 4.70. The molecule has 9 nitrogen and oxygen atoms in total. The maximum absolute atomic E-state index is 11.3. The topological polar surface area (TPSA) is 122 Å². The van der Waals surface area contributed by atoms with Crippen molar-refractivity contribution in [1.29, 1.82) is 0 Å². The number of aliphatic imine (C=N–C) groups is 3. The van der Waals surface area contributed by atoms with Gasteiger partial charge in [0.15, 0.2) is 5.84 Å². The van der Waals surface area contributed by atoms with Crippen LogP contribution in [0.3, 0.4) is 0 Å². The van der Waals surface area contributed by atoms with Crippen LogP contribution in [0.15, 0.2) is 39.2 Å². The lowest BCUT2D eigenvalue weighted by Gasteiger charge is -2.17. The molecule has 1 aliphatic heterocycles. The molecule has 122 valence electrons. The third kappa shape index (κ3) is 4.10. The number of aliphatic hydroxyl groups excluding tert-OH is 1. The number of rotatable bonds is 5. The van der Waals surface area contributed by atoms with E-state index in [-0.39, 0.29) is 30.7 Å². The fourth-order valence-electron chi connectivity index (χ4n) is 2.00. The molecule has 0 bridgehead atoms. The van der Waals surface area contributed by atoms with E-state index in [4.69, 9.17) is 9.84 Å². The lowest BCUT2D eigenvalue weighted by Crippen LogP contribution is -2.43. The molecule has 1 aromatic carbocycles. The van der Waals surface area contributed by atoms with Crippen LogP contribution in [-0.4, -0.2) is 53.8 Å². The Morgan fingerprint density at radius 2 is 2.09 bits per heavy atom. The van der Waals surface area contributed by atoms with E-state index in [2.05, 4.69) is 20.3 Å². The van der Waals surface area contributed by atoms with E-state index in [0.717, 1.165) is 0 Å². The lowest BCUT2D eigenvalue weighted by molar-refractivity contribution is -0.484. The Bertz CT molecular complexity index is 666. The highest BCUT2D eigenvalue weighted by Gasteiger charge is 2.34. The summed E-state index contributed by atoms with van der Waals surface area (Å²) in [5.41, 5.74) is 0.908. The first kappa shape index (κ1) is 16.6. The molecular formula is C14H17N5O4. The minimum atomic E-state index is -1.16. The van der Waals surface area contributed by atoms with Crippen molar-refractivity contribution in [2.45, 2.75) is 13.0 Å². The summed E-state index contributed by atoms with van der Waals surface area (Å²) in [6.07, 6.45) is 0. The van der Waals surface area contributed by atoms with Crippen LogP contribution in [0, 0.1) is 10.1 Å². The van der Waals surface area contributed by atoms with Gasteiger partial charge in [0, 0.05) is 10.6 Å². The first-order valence-corrected chi connectivity index (χ1v) is 6.88. The molecule has 0 saturated carbocycles. The minimum Gasteiger partial charge on any atom is -0.497 e. The van der Waals surface area contributed by atoms with E-state index < -0.39 is 11.0 Å². The molecule has 1 aromatic rings. The Kier molecular flexibility index (Phi) is 5.36. The summed E-state index contributed by atoms with van der Waals surface area (Å²) in [5.74, 6) is 0.907. The van der Waals surface area contributed by atoms with Crippen LogP contribution >= 0.6 is 0 Å². The molecule has 2 rings (SSSR count). The van der Waals surface area contributed by atoms with Crippen LogP contribution in [0.5, 0.6) is 5.75 Å². The highest BCUT2D eigenvalue weighted by molar-refractivity contribution is 6.22. The number of hydrogen-bond acceptors (Lipinski definition) is 6. The molecule has 2 N–H and O–H groups in total. The second-order valence-corrected chi connectivity index (χ2v) is 4.70. The predicted octanol–water partition coefficient (Wildman–Crippen LogP) is 0.974. The van der Waals surface area contributed by atoms with Gasteiger partial charge in [-0.3, -0.25) is 10.1 Å². The fraction of sp³-hybridized carbons (Fsp3) is 0.357. The van der Waals surface area contributed by atoms with E-state index in [0.29, 0.717) is 11.4 Å². The second kappa shape index (κ2) is 7.45. The Morgan fingerprint density at radius 3 is 2.65 bits per heavy atom. The first-order valence-electron chi connectivity index (χ1n) is 6.88. The van der Waals surface area contributed by atoms with Crippen molar-refractivity contribution in [3.8, 4) is 5.75 Å². The van der Waals surface area contributed by atoms with E-state index in [1.807, 2.05) is 0 Å². The number of nitrogens with zero attached hydrogens (tertiary/aromatic N) is 4. The van der Waals surface area contributed by atoms with Crippen molar-refractivity contribution >= 4 is 23.2 Å². The van der Waals surface area contributed by atoms with Crippen molar-refractivity contribution < 1.29 is 14.8 Å². The van der Waals surface area contributed by atoms with Crippen molar-refractivity contribution in [1.82, 2.24) is 0 Å². The lowest BCUT2D eigenvalue weighted by atomic mass is 10.1. The quantitative estimate of drug-likeness (QED) is 0.618. The number of amidine groups is 1. The number of guanidine groups is 1. The average Bonchev–Trinajstić information content (AvgIpc) is 2.53. The van der Waals surface area contributed by atoms with Crippen molar-refractivity contribution in [3.05, 3.63) is 34.4 Å². The molecule has 9 heteroatoms. The van der Waals surface area contributed by atoms with Crippen molar-refractivity contribution in [3.63, 3.8) is 0 Å². The minimum absolute atomic E-state index is 0.102. The maximum atomic E-state index is 11.3. The number of aliphatic hydroxyl groups is 1. The standard InChI is InChI=1S/C14H17N5O4/c1-9-12(19(21)22)13(18-14(16-9)15-7-8-20)17-10-3-5-11(23-2)6-4-10/h3-6,12,20H,7-8H2,1-2H3,(H,15,17,18). The van der Waals surface area contributed by atoms with Gasteiger partial charge in [-0.2, -0.15) is 4.99 Å². The molecule has 0 radical (unpaired) electrons.